The number of hydrogen-bond donors (Lipinski definition) is 3. The molecule has 0 fully saturated rings. The molecule has 1 rings (SSSR count). The molecule has 5 nitrogen and oxygen atoms in total. The van der Waals surface area contributed by atoms with Gasteiger partial charge in [-0.1, -0.05) is 11.6 Å². The number of anilines is 1. The summed E-state index contributed by atoms with van der Waals surface area (Å²) in [6.07, 6.45) is -4.60. The van der Waals surface area contributed by atoms with Crippen LogP contribution in [-0.2, 0) is 15.8 Å². The van der Waals surface area contributed by atoms with Crippen molar-refractivity contribution in [2.24, 2.45) is 0 Å². The number of amides is 2. The van der Waals surface area contributed by atoms with Gasteiger partial charge in [0.2, 0.25) is 11.8 Å². The lowest BCUT2D eigenvalue weighted by Crippen LogP contribution is -2.36. The molecule has 0 radical (unpaired) electrons. The van der Waals surface area contributed by atoms with E-state index >= 15 is 0 Å². The monoisotopic (exact) mass is 323 g/mol. The van der Waals surface area contributed by atoms with E-state index in [-0.39, 0.29) is 24.7 Å². The molecule has 0 unspecified atom stereocenters. The Kier molecular flexibility index (Phi) is 5.98. The van der Waals surface area contributed by atoms with Gasteiger partial charge in [0, 0.05) is 12.7 Å². The molecule has 0 saturated carbocycles. The topological polar surface area (TPSA) is 70.2 Å². The van der Waals surface area contributed by atoms with Crippen LogP contribution >= 0.6 is 11.6 Å². The van der Waals surface area contributed by atoms with Crippen LogP contribution in [0.1, 0.15) is 5.56 Å². The number of rotatable bonds is 5. The van der Waals surface area contributed by atoms with Crippen molar-refractivity contribution in [2.75, 3.05) is 25.5 Å². The second kappa shape index (κ2) is 7.28. The Bertz CT molecular complexity index is 535. The van der Waals surface area contributed by atoms with Crippen molar-refractivity contribution < 1.29 is 22.8 Å². The largest absolute Gasteiger partial charge is 0.417 e. The van der Waals surface area contributed by atoms with Gasteiger partial charge in [0.15, 0.2) is 0 Å². The summed E-state index contributed by atoms with van der Waals surface area (Å²) in [7, 11) is 1.44. The molecule has 0 atom stereocenters. The quantitative estimate of drug-likeness (QED) is 0.771. The predicted molar refractivity (Wildman–Crippen MR) is 72.0 cm³/mol. The Morgan fingerprint density at radius 3 is 2.38 bits per heavy atom. The van der Waals surface area contributed by atoms with Gasteiger partial charge in [-0.2, -0.15) is 13.2 Å². The molecule has 1 aromatic rings. The van der Waals surface area contributed by atoms with Gasteiger partial charge in [-0.3, -0.25) is 14.9 Å². The Morgan fingerprint density at radius 2 is 1.81 bits per heavy atom. The number of benzene rings is 1. The number of nitrogens with one attached hydrogen (secondary N) is 3. The van der Waals surface area contributed by atoms with Gasteiger partial charge in [-0.25, -0.2) is 0 Å². The zero-order chi connectivity index (χ0) is 16.0. The molecule has 0 aromatic heterocycles. The highest BCUT2D eigenvalue weighted by Gasteiger charge is 2.33. The lowest BCUT2D eigenvalue weighted by atomic mass is 10.2. The number of carbonyl (C=O) groups is 2. The molecule has 0 bridgehead atoms. The van der Waals surface area contributed by atoms with E-state index in [2.05, 4.69) is 16.0 Å². The summed E-state index contributed by atoms with van der Waals surface area (Å²) in [5.74, 6) is -0.886. The van der Waals surface area contributed by atoms with Crippen molar-refractivity contribution in [3.05, 3.63) is 28.8 Å². The summed E-state index contributed by atoms with van der Waals surface area (Å²) < 4.78 is 37.9. The Morgan fingerprint density at radius 1 is 1.19 bits per heavy atom. The van der Waals surface area contributed by atoms with Crippen LogP contribution in [0.4, 0.5) is 18.9 Å². The molecule has 0 spiro atoms. The summed E-state index contributed by atoms with van der Waals surface area (Å²) in [6.45, 7) is -0.282. The molecular weight excluding hydrogens is 311 g/mol. The summed E-state index contributed by atoms with van der Waals surface area (Å²) in [4.78, 5) is 22.4. The van der Waals surface area contributed by atoms with Crippen molar-refractivity contribution in [1.29, 1.82) is 0 Å². The van der Waals surface area contributed by atoms with Crippen LogP contribution in [0.5, 0.6) is 0 Å². The molecule has 9 heteroatoms. The zero-order valence-electron chi connectivity index (χ0n) is 11.0. The van der Waals surface area contributed by atoms with Crippen LogP contribution in [-0.4, -0.2) is 32.0 Å². The Hall–Kier alpha value is -1.80. The van der Waals surface area contributed by atoms with Gasteiger partial charge in [0.1, 0.15) is 0 Å². The summed E-state index contributed by atoms with van der Waals surface area (Å²) >= 11 is 5.46. The molecule has 2 amide bonds. The maximum absolute atomic E-state index is 12.6. The molecule has 21 heavy (non-hydrogen) atoms. The third-order valence-electron chi connectivity index (χ3n) is 2.41. The van der Waals surface area contributed by atoms with Gasteiger partial charge in [0.25, 0.3) is 0 Å². The molecule has 0 aliphatic heterocycles. The maximum Gasteiger partial charge on any atom is 0.417 e. The molecule has 1 aromatic carbocycles. The van der Waals surface area contributed by atoms with Crippen LogP contribution in [0.15, 0.2) is 18.2 Å². The number of likely N-dealkylation sites (N-methyl/N-ethyl adjacent to an activating group) is 1. The smallest absolute Gasteiger partial charge is 0.358 e. The maximum atomic E-state index is 12.6. The second-order valence-electron chi connectivity index (χ2n) is 4.02. The third kappa shape index (κ3) is 5.60. The lowest BCUT2D eigenvalue weighted by molar-refractivity contribution is -0.137. The van der Waals surface area contributed by atoms with E-state index in [9.17, 15) is 22.8 Å². The predicted octanol–water partition coefficient (Wildman–Crippen LogP) is 1.63. The molecule has 0 aliphatic carbocycles. The highest BCUT2D eigenvalue weighted by atomic mass is 35.5. The molecule has 3 N–H and O–H groups in total. The minimum Gasteiger partial charge on any atom is -0.358 e. The van der Waals surface area contributed by atoms with E-state index in [4.69, 9.17) is 11.6 Å². The highest BCUT2D eigenvalue weighted by molar-refractivity contribution is 6.31. The van der Waals surface area contributed by atoms with Crippen molar-refractivity contribution >= 4 is 29.1 Å². The molecule has 0 aliphatic rings. The fourth-order valence-corrected chi connectivity index (χ4v) is 1.63. The SMILES string of the molecule is CNC(=O)CNCC(=O)Nc1ccc(Cl)c(C(F)(F)F)c1. The van der Waals surface area contributed by atoms with Crippen LogP contribution < -0.4 is 16.0 Å². The third-order valence-corrected chi connectivity index (χ3v) is 2.74. The molecule has 0 saturated heterocycles. The molecule has 116 valence electrons. The number of carbonyl (C=O) groups excluding carboxylic acids is 2. The highest BCUT2D eigenvalue weighted by Crippen LogP contribution is 2.36. The van der Waals surface area contributed by atoms with E-state index in [0.29, 0.717) is 0 Å². The minimum atomic E-state index is -4.60. The zero-order valence-corrected chi connectivity index (χ0v) is 11.7. The molecular formula is C12H13ClF3N3O2. The van der Waals surface area contributed by atoms with E-state index in [0.717, 1.165) is 12.1 Å². The first-order valence-corrected chi connectivity index (χ1v) is 6.19. The summed E-state index contributed by atoms with van der Waals surface area (Å²) in [5, 5.41) is 6.72. The average Bonchev–Trinajstić information content (AvgIpc) is 2.39. The van der Waals surface area contributed by atoms with Gasteiger partial charge in [0.05, 0.1) is 23.7 Å². The van der Waals surface area contributed by atoms with Gasteiger partial charge < -0.3 is 10.6 Å². The summed E-state index contributed by atoms with van der Waals surface area (Å²) in [6, 6.07) is 3.06. The van der Waals surface area contributed by atoms with E-state index in [1.54, 1.807) is 0 Å². The van der Waals surface area contributed by atoms with Crippen molar-refractivity contribution in [1.82, 2.24) is 10.6 Å². The van der Waals surface area contributed by atoms with Crippen LogP contribution in [0.2, 0.25) is 5.02 Å². The van der Waals surface area contributed by atoms with E-state index in [1.165, 1.54) is 13.1 Å². The van der Waals surface area contributed by atoms with E-state index in [1.807, 2.05) is 0 Å². The van der Waals surface area contributed by atoms with E-state index < -0.39 is 22.7 Å². The summed E-state index contributed by atoms with van der Waals surface area (Å²) in [5.41, 5.74) is -1.06. The minimum absolute atomic E-state index is 0.0292. The number of halogens is 4. The first-order valence-electron chi connectivity index (χ1n) is 5.82. The standard InChI is InChI=1S/C12H13ClF3N3O2/c1-17-10(20)5-18-6-11(21)19-7-2-3-9(13)8(4-7)12(14,15)16/h2-4,18H,5-6H2,1H3,(H,17,20)(H,19,21). The lowest BCUT2D eigenvalue weighted by Gasteiger charge is -2.12. The van der Waals surface area contributed by atoms with Crippen molar-refractivity contribution in [3.8, 4) is 0 Å². The first-order chi connectivity index (χ1) is 9.74. The fraction of sp³-hybridized carbons (Fsp3) is 0.333. The Balaban J connectivity index is 2.63. The van der Waals surface area contributed by atoms with Gasteiger partial charge in [-0.05, 0) is 18.2 Å². The fourth-order valence-electron chi connectivity index (χ4n) is 1.40. The second-order valence-corrected chi connectivity index (χ2v) is 4.42. The number of hydrogen-bond acceptors (Lipinski definition) is 3. The average molecular weight is 324 g/mol. The van der Waals surface area contributed by atoms with Crippen molar-refractivity contribution in [2.45, 2.75) is 6.18 Å². The van der Waals surface area contributed by atoms with Gasteiger partial charge in [-0.15, -0.1) is 0 Å². The van der Waals surface area contributed by atoms with Gasteiger partial charge >= 0.3 is 6.18 Å². The van der Waals surface area contributed by atoms with Crippen LogP contribution in [0, 0.1) is 0 Å². The van der Waals surface area contributed by atoms with Crippen molar-refractivity contribution in [3.63, 3.8) is 0 Å². The van der Waals surface area contributed by atoms with Crippen LogP contribution in [0.3, 0.4) is 0 Å². The first kappa shape index (κ1) is 17.3. The van der Waals surface area contributed by atoms with Crippen LogP contribution in [0.25, 0.3) is 0 Å². The number of alkyl halides is 3. The Labute approximate surface area is 123 Å². The normalized spacial score (nSPS) is 11.1. The molecule has 0 heterocycles.